The van der Waals surface area contributed by atoms with Crippen LogP contribution in [0.15, 0.2) is 110 Å². The molecule has 0 fully saturated rings. The largest absolute Gasteiger partial charge is 0.505 e. The summed E-state index contributed by atoms with van der Waals surface area (Å²) in [5.74, 6) is -0.686. The topological polar surface area (TPSA) is 315 Å². The van der Waals surface area contributed by atoms with Gasteiger partial charge in [-0.05, 0) is 78.2 Å². The maximum Gasteiger partial charge on any atom is 0.296 e. The van der Waals surface area contributed by atoms with Gasteiger partial charge in [0.05, 0.1) is 27.6 Å². The van der Waals surface area contributed by atoms with E-state index in [0.717, 1.165) is 23.9 Å². The number of aldehydes is 1. The number of carbonyl (C=O) groups excluding carboxylic acids is 1. The highest BCUT2D eigenvalue weighted by atomic mass is 32.2. The number of aromatic hydroxyl groups is 1. The lowest BCUT2D eigenvalue weighted by Crippen LogP contribution is -2.06. The van der Waals surface area contributed by atoms with E-state index < -0.39 is 51.6 Å². The molecule has 5 aromatic rings. The van der Waals surface area contributed by atoms with Crippen LogP contribution in [0, 0.1) is 0 Å². The van der Waals surface area contributed by atoms with Crippen molar-refractivity contribution in [3.8, 4) is 5.75 Å². The Morgan fingerprint density at radius 3 is 1.80 bits per heavy atom. The van der Waals surface area contributed by atoms with E-state index in [4.69, 9.17) is 31.1 Å². The molecule has 50 heavy (non-hydrogen) atoms. The van der Waals surface area contributed by atoms with Crippen molar-refractivity contribution in [1.82, 2.24) is 0 Å². The average Bonchev–Trinajstić information content (AvgIpc) is 3.05. The summed E-state index contributed by atoms with van der Waals surface area (Å²) in [4.78, 5) is 7.38. The number of nitrogen functional groups attached to an aromatic ring is 3. The zero-order chi connectivity index (χ0) is 37.6. The number of allylic oxidation sites excluding steroid dienone is 1. The standard InChI is InChI=1S/C17H16N4O3S.C10H10N2O7S2.C3H4O/c1-19-11-2-4-12(5-3-11)20-21-17-9-8-16(18)15-10-13(25(22,23)24)6-7-14(15)17;11-6-3-5-4(1-7(6)20(14,15)16)2-8(21(17,18)19)9(12)10(5)13;1-2-3-4/h2-10,19H,18H2,1H3,(H,22,23,24);1-3,13H,11-12H2,(H,14,15,16)(H,17,18,19);2-3H,1H2. The van der Waals surface area contributed by atoms with Crippen molar-refractivity contribution in [3.63, 3.8) is 0 Å². The predicted octanol–water partition coefficient (Wildman–Crippen LogP) is 4.70. The Balaban J connectivity index is 0.000000247. The molecular formula is C30H30N6O11S3. The van der Waals surface area contributed by atoms with Crippen molar-refractivity contribution in [3.05, 3.63) is 85.5 Å². The first-order valence-electron chi connectivity index (χ1n) is 13.6. The van der Waals surface area contributed by atoms with Crippen LogP contribution in [0.5, 0.6) is 5.75 Å². The lowest BCUT2D eigenvalue weighted by molar-refractivity contribution is -0.104. The first-order chi connectivity index (χ1) is 23.2. The van der Waals surface area contributed by atoms with Crippen LogP contribution < -0.4 is 22.5 Å². The van der Waals surface area contributed by atoms with Crippen LogP contribution in [0.1, 0.15) is 0 Å². The van der Waals surface area contributed by atoms with Gasteiger partial charge >= 0.3 is 0 Å². The summed E-state index contributed by atoms with van der Waals surface area (Å²) in [5, 5.41) is 22.3. The van der Waals surface area contributed by atoms with Crippen LogP contribution in [0.4, 0.5) is 34.1 Å². The molecule has 0 aliphatic heterocycles. The molecule has 11 N–H and O–H groups in total. The van der Waals surface area contributed by atoms with Crippen molar-refractivity contribution in [1.29, 1.82) is 0 Å². The number of phenolic OH excluding ortho intramolecular Hbond substituents is 1. The molecule has 5 aromatic carbocycles. The van der Waals surface area contributed by atoms with Gasteiger partial charge in [0.15, 0.2) is 0 Å². The zero-order valence-corrected chi connectivity index (χ0v) is 28.2. The first-order valence-corrected chi connectivity index (χ1v) is 17.9. The maximum absolute atomic E-state index is 11.3. The van der Waals surface area contributed by atoms with Crippen molar-refractivity contribution < 1.29 is 48.8 Å². The van der Waals surface area contributed by atoms with E-state index >= 15 is 0 Å². The Kier molecular flexibility index (Phi) is 11.9. The number of nitrogens with two attached hydrogens (primary N) is 3. The zero-order valence-electron chi connectivity index (χ0n) is 25.8. The molecule has 0 amide bonds. The molecular weight excluding hydrogens is 717 g/mol. The monoisotopic (exact) mass is 746 g/mol. The normalized spacial score (nSPS) is 11.7. The highest BCUT2D eigenvalue weighted by Gasteiger charge is 2.22. The number of nitrogens with zero attached hydrogens (tertiary/aromatic N) is 2. The van der Waals surface area contributed by atoms with Gasteiger partial charge in [-0.1, -0.05) is 12.6 Å². The molecule has 20 heteroatoms. The Morgan fingerprint density at radius 2 is 1.28 bits per heavy atom. The fourth-order valence-corrected chi connectivity index (χ4v) is 6.03. The fourth-order valence-electron chi connectivity index (χ4n) is 4.24. The van der Waals surface area contributed by atoms with Crippen LogP contribution in [-0.2, 0) is 35.1 Å². The molecule has 0 aromatic heterocycles. The third kappa shape index (κ3) is 9.28. The van der Waals surface area contributed by atoms with Crippen molar-refractivity contribution in [2.75, 3.05) is 29.6 Å². The van der Waals surface area contributed by atoms with Crippen LogP contribution in [0.25, 0.3) is 21.5 Å². The van der Waals surface area contributed by atoms with E-state index in [1.54, 1.807) is 18.2 Å². The summed E-state index contributed by atoms with van der Waals surface area (Å²) >= 11 is 0. The van der Waals surface area contributed by atoms with E-state index in [2.05, 4.69) is 22.1 Å². The van der Waals surface area contributed by atoms with Gasteiger partial charge in [-0.2, -0.15) is 30.4 Å². The van der Waals surface area contributed by atoms with E-state index in [1.807, 2.05) is 31.3 Å². The summed E-state index contributed by atoms with van der Waals surface area (Å²) in [5.41, 5.74) is 18.4. The number of fused-ring (bicyclic) bond motifs is 2. The van der Waals surface area contributed by atoms with E-state index in [1.165, 1.54) is 18.2 Å². The average molecular weight is 747 g/mol. The number of benzene rings is 5. The molecule has 5 rings (SSSR count). The van der Waals surface area contributed by atoms with Gasteiger partial charge in [0.1, 0.15) is 21.8 Å². The number of hydrogen-bond acceptors (Lipinski definition) is 14. The minimum atomic E-state index is -4.73. The third-order valence-corrected chi connectivity index (χ3v) is 9.27. The minimum Gasteiger partial charge on any atom is -0.505 e. The molecule has 0 unspecified atom stereocenters. The van der Waals surface area contributed by atoms with E-state index in [9.17, 15) is 34.9 Å². The Morgan fingerprint density at radius 1 is 0.700 bits per heavy atom. The lowest BCUT2D eigenvalue weighted by atomic mass is 10.1. The smallest absolute Gasteiger partial charge is 0.296 e. The molecule has 0 radical (unpaired) electrons. The van der Waals surface area contributed by atoms with Gasteiger partial charge in [0.25, 0.3) is 30.4 Å². The van der Waals surface area contributed by atoms with Gasteiger partial charge in [-0.3, -0.25) is 18.5 Å². The molecule has 0 saturated heterocycles. The molecule has 0 aliphatic carbocycles. The number of phenols is 1. The second-order valence-electron chi connectivity index (χ2n) is 9.92. The fraction of sp³-hybridized carbons (Fsp3) is 0.0333. The van der Waals surface area contributed by atoms with Crippen molar-refractivity contribution in [2.24, 2.45) is 10.2 Å². The quantitative estimate of drug-likeness (QED) is 0.0279. The van der Waals surface area contributed by atoms with Gasteiger partial charge in [0, 0.05) is 34.6 Å². The molecule has 17 nitrogen and oxygen atoms in total. The Bertz CT molecular complexity index is 2460. The highest BCUT2D eigenvalue weighted by molar-refractivity contribution is 7.86. The molecule has 264 valence electrons. The molecule has 0 bridgehead atoms. The van der Waals surface area contributed by atoms with Crippen molar-refractivity contribution in [2.45, 2.75) is 14.7 Å². The minimum absolute atomic E-state index is 0.0372. The summed E-state index contributed by atoms with van der Waals surface area (Å²) in [6.07, 6.45) is 1.83. The van der Waals surface area contributed by atoms with Gasteiger partial charge in [-0.25, -0.2) is 0 Å². The number of hydrogen-bond donors (Lipinski definition) is 8. The number of rotatable bonds is 7. The summed E-state index contributed by atoms with van der Waals surface area (Å²) < 4.78 is 94.5. The predicted molar refractivity (Wildman–Crippen MR) is 189 cm³/mol. The summed E-state index contributed by atoms with van der Waals surface area (Å²) in [6.45, 7) is 3.11. The highest BCUT2D eigenvalue weighted by Crippen LogP contribution is 2.39. The van der Waals surface area contributed by atoms with E-state index in [0.29, 0.717) is 34.1 Å². The molecule has 0 heterocycles. The SMILES string of the molecule is C=CC=O.CNc1ccc(N=Nc2ccc(N)c3cc(S(=O)(=O)O)ccc23)cc1.Nc1cc2c(O)c(N)c(S(=O)(=O)O)cc2cc1S(=O)(=O)O. The van der Waals surface area contributed by atoms with Crippen molar-refractivity contribution >= 4 is 92.3 Å². The van der Waals surface area contributed by atoms with Crippen LogP contribution >= 0.6 is 0 Å². The lowest BCUT2D eigenvalue weighted by Gasteiger charge is -2.11. The van der Waals surface area contributed by atoms with Crippen LogP contribution in [0.2, 0.25) is 0 Å². The third-order valence-electron chi connectivity index (χ3n) is 6.62. The van der Waals surface area contributed by atoms with Gasteiger partial charge in [0.2, 0.25) is 0 Å². The molecule has 0 atom stereocenters. The van der Waals surface area contributed by atoms with Crippen LogP contribution in [0.3, 0.4) is 0 Å². The van der Waals surface area contributed by atoms with Crippen LogP contribution in [-0.4, -0.2) is 57.4 Å². The number of anilines is 4. The summed E-state index contributed by atoms with van der Waals surface area (Å²) in [7, 11) is -11.9. The molecule has 0 aliphatic rings. The second kappa shape index (κ2) is 15.3. The number of azo groups is 1. The maximum atomic E-state index is 11.3. The second-order valence-corrected chi connectivity index (χ2v) is 14.1. The molecule has 0 spiro atoms. The van der Waals surface area contributed by atoms with E-state index in [-0.39, 0.29) is 21.4 Å². The van der Waals surface area contributed by atoms with Gasteiger partial charge in [-0.15, -0.1) is 5.11 Å². The molecule has 0 saturated carbocycles. The Hall–Kier alpha value is -5.64. The summed E-state index contributed by atoms with van der Waals surface area (Å²) in [6, 6.07) is 17.6. The Labute approximate surface area is 286 Å². The number of carbonyl (C=O) groups is 1. The first kappa shape index (κ1) is 38.8. The number of nitrogens with one attached hydrogen (secondary N) is 1. The van der Waals surface area contributed by atoms with Gasteiger partial charge < -0.3 is 27.6 Å².